The van der Waals surface area contributed by atoms with Crippen LogP contribution in [0, 0.1) is 5.92 Å². The Labute approximate surface area is 191 Å². The van der Waals surface area contributed by atoms with Crippen molar-refractivity contribution in [3.8, 4) is 0 Å². The first-order valence-electron chi connectivity index (χ1n) is 9.90. The molecule has 0 saturated heterocycles. The Morgan fingerprint density at radius 2 is 1.90 bits per heavy atom. The zero-order chi connectivity index (χ0) is 20.0. The molecule has 3 rings (SSSR count). The minimum atomic E-state index is -3.26. The third-order valence-corrected chi connectivity index (χ3v) is 6.68. The van der Waals surface area contributed by atoms with Crippen molar-refractivity contribution in [3.63, 3.8) is 0 Å². The molecule has 0 spiro atoms. The molecule has 1 aliphatic rings. The van der Waals surface area contributed by atoms with Gasteiger partial charge >= 0.3 is 0 Å². The van der Waals surface area contributed by atoms with Gasteiger partial charge in [0.15, 0.2) is 5.96 Å². The maximum atomic E-state index is 12.1. The van der Waals surface area contributed by atoms with E-state index < -0.39 is 10.0 Å². The van der Waals surface area contributed by atoms with Gasteiger partial charge in [-0.25, -0.2) is 13.1 Å². The van der Waals surface area contributed by atoms with E-state index in [-0.39, 0.29) is 35.8 Å². The predicted molar refractivity (Wildman–Crippen MR) is 131 cm³/mol. The quantitative estimate of drug-likeness (QED) is 0.278. The minimum absolute atomic E-state index is 0. The average Bonchev–Trinajstić information content (AvgIpc) is 2.65. The van der Waals surface area contributed by atoms with E-state index in [1.54, 1.807) is 7.05 Å². The Hall–Kier alpha value is -1.39. The van der Waals surface area contributed by atoms with Crippen molar-refractivity contribution in [2.24, 2.45) is 10.9 Å². The zero-order valence-corrected chi connectivity index (χ0v) is 20.2. The molecule has 6 nitrogen and oxygen atoms in total. The Kier molecular flexibility index (Phi) is 9.16. The highest BCUT2D eigenvalue weighted by atomic mass is 127. The summed E-state index contributed by atoms with van der Waals surface area (Å²) in [7, 11) is -1.57. The lowest BCUT2D eigenvalue weighted by Gasteiger charge is -2.25. The van der Waals surface area contributed by atoms with Gasteiger partial charge in [0.2, 0.25) is 10.0 Å². The summed E-state index contributed by atoms with van der Waals surface area (Å²) in [4.78, 5) is 4.21. The van der Waals surface area contributed by atoms with Crippen LogP contribution in [0.3, 0.4) is 0 Å². The van der Waals surface area contributed by atoms with E-state index in [0.29, 0.717) is 25.0 Å². The van der Waals surface area contributed by atoms with Crippen LogP contribution in [-0.2, 0) is 10.0 Å². The van der Waals surface area contributed by atoms with E-state index in [2.05, 4.69) is 57.6 Å². The lowest BCUT2D eigenvalue weighted by molar-refractivity contribution is 0.316. The van der Waals surface area contributed by atoms with Crippen LogP contribution < -0.4 is 15.4 Å². The Balaban J connectivity index is 0.00000300. The summed E-state index contributed by atoms with van der Waals surface area (Å²) in [5, 5.41) is 8.83. The number of nitrogens with one attached hydrogen (secondary N) is 3. The van der Waals surface area contributed by atoms with Crippen molar-refractivity contribution in [2.75, 3.05) is 25.9 Å². The lowest BCUT2D eigenvalue weighted by Crippen LogP contribution is -2.42. The second-order valence-electron chi connectivity index (χ2n) is 7.44. The second-order valence-corrected chi connectivity index (χ2v) is 9.36. The zero-order valence-electron chi connectivity index (χ0n) is 17.0. The first-order valence-corrected chi connectivity index (χ1v) is 11.6. The monoisotopic (exact) mass is 530 g/mol. The number of nitrogens with zero attached hydrogens (tertiary/aromatic N) is 1. The van der Waals surface area contributed by atoms with E-state index in [0.717, 1.165) is 18.4 Å². The molecular weight excluding hydrogens is 499 g/mol. The number of benzene rings is 2. The smallest absolute Gasteiger partial charge is 0.213 e. The van der Waals surface area contributed by atoms with Crippen LogP contribution in [0.5, 0.6) is 0 Å². The van der Waals surface area contributed by atoms with Gasteiger partial charge in [-0.3, -0.25) is 4.99 Å². The van der Waals surface area contributed by atoms with Crippen LogP contribution in [0.25, 0.3) is 10.8 Å². The Bertz CT molecular complexity index is 929. The number of halogens is 1. The fourth-order valence-corrected chi connectivity index (χ4v) is 4.28. The highest BCUT2D eigenvalue weighted by Crippen LogP contribution is 2.25. The van der Waals surface area contributed by atoms with E-state index >= 15 is 0 Å². The van der Waals surface area contributed by atoms with Gasteiger partial charge in [-0.15, -0.1) is 24.0 Å². The molecule has 0 heterocycles. The number of guanidine groups is 1. The lowest BCUT2D eigenvalue weighted by atomic mass is 9.86. The maximum absolute atomic E-state index is 12.1. The topological polar surface area (TPSA) is 82.6 Å². The molecule has 0 aliphatic heterocycles. The van der Waals surface area contributed by atoms with Crippen LogP contribution in [-0.4, -0.2) is 40.3 Å². The molecule has 8 heteroatoms. The number of fused-ring (bicyclic) bond motifs is 1. The largest absolute Gasteiger partial charge is 0.355 e. The molecule has 1 unspecified atom stereocenters. The minimum Gasteiger partial charge on any atom is -0.355 e. The van der Waals surface area contributed by atoms with Crippen molar-refractivity contribution in [1.82, 2.24) is 15.4 Å². The predicted octanol–water partition coefficient (Wildman–Crippen LogP) is 3.40. The number of hydrogen-bond acceptors (Lipinski definition) is 3. The SMILES string of the molecule is CN=C(NCCS(=O)(=O)NCC1CCC1)NC(C)c1ccc2ccccc2c1.I. The van der Waals surface area contributed by atoms with Gasteiger partial charge in [0.1, 0.15) is 0 Å². The van der Waals surface area contributed by atoms with Crippen LogP contribution in [0.2, 0.25) is 0 Å². The van der Waals surface area contributed by atoms with Gasteiger partial charge in [0.25, 0.3) is 0 Å². The van der Waals surface area contributed by atoms with Crippen molar-refractivity contribution < 1.29 is 8.42 Å². The van der Waals surface area contributed by atoms with Crippen molar-refractivity contribution >= 4 is 50.7 Å². The fraction of sp³-hybridized carbons (Fsp3) is 0.476. The first kappa shape index (κ1) is 23.9. The van der Waals surface area contributed by atoms with Crippen molar-refractivity contribution in [3.05, 3.63) is 48.0 Å². The van der Waals surface area contributed by atoms with Crippen molar-refractivity contribution in [1.29, 1.82) is 0 Å². The van der Waals surface area contributed by atoms with Crippen LogP contribution >= 0.6 is 24.0 Å². The number of hydrogen-bond donors (Lipinski definition) is 3. The molecule has 29 heavy (non-hydrogen) atoms. The third kappa shape index (κ3) is 7.11. The molecule has 0 amide bonds. The van der Waals surface area contributed by atoms with Crippen LogP contribution in [0.15, 0.2) is 47.5 Å². The molecule has 0 aromatic heterocycles. The van der Waals surface area contributed by atoms with E-state index in [1.165, 1.54) is 17.2 Å². The maximum Gasteiger partial charge on any atom is 0.213 e. The third-order valence-electron chi connectivity index (χ3n) is 5.33. The molecule has 3 N–H and O–H groups in total. The molecule has 2 aromatic rings. The summed E-state index contributed by atoms with van der Waals surface area (Å²) < 4.78 is 26.9. The Morgan fingerprint density at radius 1 is 1.17 bits per heavy atom. The summed E-state index contributed by atoms with van der Waals surface area (Å²) in [5.41, 5.74) is 1.15. The first-order chi connectivity index (χ1) is 13.5. The highest BCUT2D eigenvalue weighted by molar-refractivity contribution is 14.0. The summed E-state index contributed by atoms with van der Waals surface area (Å²) in [6.07, 6.45) is 3.47. The summed E-state index contributed by atoms with van der Waals surface area (Å²) in [6, 6.07) is 14.7. The van der Waals surface area contributed by atoms with E-state index in [1.807, 2.05) is 12.1 Å². The van der Waals surface area contributed by atoms with E-state index in [9.17, 15) is 8.42 Å². The normalized spacial score (nSPS) is 16.0. The average molecular weight is 530 g/mol. The highest BCUT2D eigenvalue weighted by Gasteiger charge is 2.20. The van der Waals surface area contributed by atoms with Crippen LogP contribution in [0.1, 0.15) is 37.8 Å². The summed E-state index contributed by atoms with van der Waals surface area (Å²) in [6.45, 7) is 2.94. The van der Waals surface area contributed by atoms with Gasteiger partial charge < -0.3 is 10.6 Å². The molecule has 2 aromatic carbocycles. The molecule has 1 aliphatic carbocycles. The fourth-order valence-electron chi connectivity index (χ4n) is 3.28. The summed E-state index contributed by atoms with van der Waals surface area (Å²) in [5.74, 6) is 1.14. The standard InChI is InChI=1S/C21H30N4O2S.HI/c1-16(19-11-10-18-8-3-4-9-20(18)14-19)25-21(22-2)23-12-13-28(26,27)24-15-17-6-5-7-17;/h3-4,8-11,14,16-17,24H,5-7,12-13,15H2,1-2H3,(H2,22,23,25);1H. The molecule has 0 bridgehead atoms. The number of sulfonamides is 1. The molecule has 1 atom stereocenters. The van der Waals surface area contributed by atoms with E-state index in [4.69, 9.17) is 0 Å². The number of rotatable bonds is 8. The Morgan fingerprint density at radius 3 is 2.55 bits per heavy atom. The van der Waals surface area contributed by atoms with Gasteiger partial charge in [-0.1, -0.05) is 42.8 Å². The van der Waals surface area contributed by atoms with Crippen LogP contribution in [0.4, 0.5) is 0 Å². The van der Waals surface area contributed by atoms with Gasteiger partial charge in [0, 0.05) is 20.1 Å². The van der Waals surface area contributed by atoms with Gasteiger partial charge in [-0.05, 0) is 48.1 Å². The summed E-state index contributed by atoms with van der Waals surface area (Å²) >= 11 is 0. The molecule has 1 saturated carbocycles. The van der Waals surface area contributed by atoms with Gasteiger partial charge in [-0.2, -0.15) is 0 Å². The molecule has 1 fully saturated rings. The van der Waals surface area contributed by atoms with Crippen molar-refractivity contribution in [2.45, 2.75) is 32.2 Å². The second kappa shape index (κ2) is 11.1. The molecule has 0 radical (unpaired) electrons. The number of aliphatic imine (C=N–C) groups is 1. The molecular formula is C21H31IN4O2S. The molecule has 160 valence electrons. The van der Waals surface area contributed by atoms with Gasteiger partial charge in [0.05, 0.1) is 11.8 Å².